The summed E-state index contributed by atoms with van der Waals surface area (Å²) in [4.78, 5) is 26.1. The van der Waals surface area contributed by atoms with Crippen LogP contribution in [0.1, 0.15) is 43.4 Å². The SMILES string of the molecule is CC(=O)Nc1ccc(CC(=O)N2CCC[C@H]2c2ccc3c(c2)OCCCO3)cc1. The van der Waals surface area contributed by atoms with Crippen LogP contribution >= 0.6 is 0 Å². The number of nitrogens with zero attached hydrogens (tertiary/aromatic N) is 1. The van der Waals surface area contributed by atoms with Crippen molar-refractivity contribution < 1.29 is 19.1 Å². The van der Waals surface area contributed by atoms with Gasteiger partial charge in [-0.25, -0.2) is 0 Å². The first kappa shape index (κ1) is 19.3. The molecule has 0 aliphatic carbocycles. The minimum Gasteiger partial charge on any atom is -0.490 e. The zero-order valence-electron chi connectivity index (χ0n) is 16.6. The van der Waals surface area contributed by atoms with Gasteiger partial charge in [-0.2, -0.15) is 0 Å². The number of carbonyl (C=O) groups excluding carboxylic acids is 2. The molecule has 2 amide bonds. The molecule has 2 aromatic rings. The molecule has 0 radical (unpaired) electrons. The van der Waals surface area contributed by atoms with E-state index in [-0.39, 0.29) is 17.9 Å². The number of fused-ring (bicyclic) bond motifs is 1. The fraction of sp³-hybridized carbons (Fsp3) is 0.391. The monoisotopic (exact) mass is 394 g/mol. The van der Waals surface area contributed by atoms with Crippen molar-refractivity contribution >= 4 is 17.5 Å². The maximum absolute atomic E-state index is 13.0. The second kappa shape index (κ2) is 8.55. The molecular formula is C23H26N2O4. The van der Waals surface area contributed by atoms with Crippen LogP contribution in [0.2, 0.25) is 0 Å². The fourth-order valence-corrected chi connectivity index (χ4v) is 3.98. The number of rotatable bonds is 4. The molecule has 0 aromatic heterocycles. The summed E-state index contributed by atoms with van der Waals surface area (Å²) in [5.41, 5.74) is 2.77. The van der Waals surface area contributed by atoms with Crippen LogP contribution in [0.3, 0.4) is 0 Å². The molecule has 2 aliphatic heterocycles. The largest absolute Gasteiger partial charge is 0.490 e. The van der Waals surface area contributed by atoms with E-state index in [1.807, 2.05) is 47.4 Å². The molecule has 6 nitrogen and oxygen atoms in total. The van der Waals surface area contributed by atoms with Gasteiger partial charge in [0.25, 0.3) is 0 Å². The highest BCUT2D eigenvalue weighted by Crippen LogP contribution is 2.38. The molecule has 0 spiro atoms. The van der Waals surface area contributed by atoms with Gasteiger partial charge in [-0.3, -0.25) is 9.59 Å². The van der Waals surface area contributed by atoms with Gasteiger partial charge in [0.15, 0.2) is 11.5 Å². The molecule has 1 saturated heterocycles. The van der Waals surface area contributed by atoms with Gasteiger partial charge in [-0.15, -0.1) is 0 Å². The minimum absolute atomic E-state index is 0.0679. The molecule has 29 heavy (non-hydrogen) atoms. The van der Waals surface area contributed by atoms with Crippen molar-refractivity contribution in [1.82, 2.24) is 4.90 Å². The molecule has 2 aromatic carbocycles. The Labute approximate surface area is 170 Å². The summed E-state index contributed by atoms with van der Waals surface area (Å²) in [5, 5.41) is 2.74. The van der Waals surface area contributed by atoms with E-state index in [2.05, 4.69) is 5.32 Å². The van der Waals surface area contributed by atoms with E-state index < -0.39 is 0 Å². The van der Waals surface area contributed by atoms with Crippen molar-refractivity contribution in [3.8, 4) is 11.5 Å². The second-order valence-corrected chi connectivity index (χ2v) is 7.56. The first-order chi connectivity index (χ1) is 14.1. The summed E-state index contributed by atoms with van der Waals surface area (Å²) in [6, 6.07) is 13.5. The third kappa shape index (κ3) is 4.53. The molecule has 2 aliphatic rings. The molecule has 0 saturated carbocycles. The van der Waals surface area contributed by atoms with Gasteiger partial charge < -0.3 is 19.7 Å². The Balaban J connectivity index is 1.46. The Morgan fingerprint density at radius 1 is 1.03 bits per heavy atom. The van der Waals surface area contributed by atoms with Gasteiger partial charge in [-0.1, -0.05) is 18.2 Å². The highest BCUT2D eigenvalue weighted by atomic mass is 16.5. The van der Waals surface area contributed by atoms with E-state index in [1.54, 1.807) is 0 Å². The number of amides is 2. The summed E-state index contributed by atoms with van der Waals surface area (Å²) in [5.74, 6) is 1.56. The Bertz CT molecular complexity index is 894. The number of nitrogens with one attached hydrogen (secondary N) is 1. The molecule has 4 rings (SSSR count). The number of hydrogen-bond acceptors (Lipinski definition) is 4. The first-order valence-corrected chi connectivity index (χ1v) is 10.2. The van der Waals surface area contributed by atoms with E-state index in [0.717, 1.165) is 54.1 Å². The molecule has 6 heteroatoms. The average molecular weight is 394 g/mol. The van der Waals surface area contributed by atoms with Gasteiger partial charge >= 0.3 is 0 Å². The quantitative estimate of drug-likeness (QED) is 0.858. The lowest BCUT2D eigenvalue weighted by Gasteiger charge is -2.26. The molecule has 0 bridgehead atoms. The topological polar surface area (TPSA) is 67.9 Å². The van der Waals surface area contributed by atoms with Crippen LogP contribution in [-0.4, -0.2) is 36.5 Å². The standard InChI is InChI=1S/C23H26N2O4/c1-16(26)24-19-8-5-17(6-9-19)14-23(27)25-11-2-4-20(25)18-7-10-21-22(15-18)29-13-3-12-28-21/h5-10,15,20H,2-4,11-14H2,1H3,(H,24,26)/t20-/m0/s1. The van der Waals surface area contributed by atoms with Crippen LogP contribution in [0.5, 0.6) is 11.5 Å². The zero-order chi connectivity index (χ0) is 20.2. The van der Waals surface area contributed by atoms with Crippen LogP contribution in [0.25, 0.3) is 0 Å². The van der Waals surface area contributed by atoms with Crippen LogP contribution < -0.4 is 14.8 Å². The summed E-state index contributed by atoms with van der Waals surface area (Å²) < 4.78 is 11.5. The minimum atomic E-state index is -0.108. The van der Waals surface area contributed by atoms with E-state index in [0.29, 0.717) is 19.6 Å². The molecule has 2 heterocycles. The summed E-state index contributed by atoms with van der Waals surface area (Å²) in [6.45, 7) is 3.56. The Kier molecular flexibility index (Phi) is 5.69. The summed E-state index contributed by atoms with van der Waals surface area (Å²) in [6.07, 6.45) is 3.17. The van der Waals surface area contributed by atoms with Gasteiger partial charge in [-0.05, 0) is 48.2 Å². The third-order valence-corrected chi connectivity index (χ3v) is 5.36. The number of anilines is 1. The van der Waals surface area contributed by atoms with Crippen LogP contribution in [0, 0.1) is 0 Å². The van der Waals surface area contributed by atoms with Gasteiger partial charge in [0, 0.05) is 25.6 Å². The van der Waals surface area contributed by atoms with E-state index in [9.17, 15) is 9.59 Å². The zero-order valence-corrected chi connectivity index (χ0v) is 16.6. The lowest BCUT2D eigenvalue weighted by molar-refractivity contribution is -0.131. The fourth-order valence-electron chi connectivity index (χ4n) is 3.98. The number of carbonyl (C=O) groups is 2. The van der Waals surface area contributed by atoms with Crippen molar-refractivity contribution in [2.24, 2.45) is 0 Å². The van der Waals surface area contributed by atoms with Crippen LogP contribution in [0.15, 0.2) is 42.5 Å². The van der Waals surface area contributed by atoms with Crippen LogP contribution in [-0.2, 0) is 16.0 Å². The normalized spacial score (nSPS) is 18.2. The Morgan fingerprint density at radius 2 is 1.79 bits per heavy atom. The number of hydrogen-bond donors (Lipinski definition) is 1. The maximum Gasteiger partial charge on any atom is 0.227 e. The van der Waals surface area contributed by atoms with E-state index in [1.165, 1.54) is 6.92 Å². The smallest absolute Gasteiger partial charge is 0.227 e. The van der Waals surface area contributed by atoms with Crippen LogP contribution in [0.4, 0.5) is 5.69 Å². The third-order valence-electron chi connectivity index (χ3n) is 5.36. The number of benzene rings is 2. The van der Waals surface area contributed by atoms with E-state index in [4.69, 9.17) is 9.47 Å². The van der Waals surface area contributed by atoms with Crippen molar-refractivity contribution in [2.75, 3.05) is 25.1 Å². The van der Waals surface area contributed by atoms with Crippen molar-refractivity contribution in [3.05, 3.63) is 53.6 Å². The Hall–Kier alpha value is -3.02. The number of likely N-dealkylation sites (tertiary alicyclic amines) is 1. The molecule has 1 atom stereocenters. The molecular weight excluding hydrogens is 368 g/mol. The maximum atomic E-state index is 13.0. The van der Waals surface area contributed by atoms with Crippen molar-refractivity contribution in [2.45, 2.75) is 38.6 Å². The average Bonchev–Trinajstić information content (AvgIpc) is 3.08. The summed E-state index contributed by atoms with van der Waals surface area (Å²) in [7, 11) is 0. The predicted molar refractivity (Wildman–Crippen MR) is 110 cm³/mol. The van der Waals surface area contributed by atoms with Gasteiger partial charge in [0.05, 0.1) is 25.7 Å². The Morgan fingerprint density at radius 3 is 2.55 bits per heavy atom. The first-order valence-electron chi connectivity index (χ1n) is 10.2. The van der Waals surface area contributed by atoms with Crippen molar-refractivity contribution in [1.29, 1.82) is 0 Å². The molecule has 1 N–H and O–H groups in total. The second-order valence-electron chi connectivity index (χ2n) is 7.56. The lowest BCUT2D eigenvalue weighted by atomic mass is 10.0. The summed E-state index contributed by atoms with van der Waals surface area (Å²) >= 11 is 0. The van der Waals surface area contributed by atoms with Gasteiger partial charge in [0.2, 0.25) is 11.8 Å². The lowest BCUT2D eigenvalue weighted by Crippen LogP contribution is -2.31. The molecule has 1 fully saturated rings. The van der Waals surface area contributed by atoms with Gasteiger partial charge in [0.1, 0.15) is 0 Å². The molecule has 152 valence electrons. The highest BCUT2D eigenvalue weighted by molar-refractivity contribution is 5.88. The van der Waals surface area contributed by atoms with E-state index >= 15 is 0 Å². The highest BCUT2D eigenvalue weighted by Gasteiger charge is 2.30. The molecule has 0 unspecified atom stereocenters. The predicted octanol–water partition coefficient (Wildman–Crippen LogP) is 3.71. The number of ether oxygens (including phenoxy) is 2. The van der Waals surface area contributed by atoms with Crippen molar-refractivity contribution in [3.63, 3.8) is 0 Å².